The van der Waals surface area contributed by atoms with E-state index in [1.54, 1.807) is 48.5 Å². The molecule has 0 radical (unpaired) electrons. The number of nitrogens with zero attached hydrogens (tertiary/aromatic N) is 2. The molecule has 0 heterocycles. The lowest BCUT2D eigenvalue weighted by molar-refractivity contribution is -0.120. The molecular weight excluding hydrogens is 332 g/mol. The van der Waals surface area contributed by atoms with Crippen molar-refractivity contribution in [1.29, 1.82) is 5.26 Å². The van der Waals surface area contributed by atoms with Crippen molar-refractivity contribution in [3.63, 3.8) is 0 Å². The Morgan fingerprint density at radius 1 is 1.00 bits per heavy atom. The Morgan fingerprint density at radius 2 is 1.69 bits per heavy atom. The second-order valence-corrected chi connectivity index (χ2v) is 5.57. The van der Waals surface area contributed by atoms with Crippen molar-refractivity contribution >= 4 is 34.8 Å². The van der Waals surface area contributed by atoms with Crippen molar-refractivity contribution in [2.75, 3.05) is 22.1 Å². The van der Waals surface area contributed by atoms with E-state index in [4.69, 9.17) is 5.26 Å². The van der Waals surface area contributed by atoms with Crippen molar-refractivity contribution in [2.45, 2.75) is 13.8 Å². The normalized spacial score (nSPS) is 9.73. The quantitative estimate of drug-likeness (QED) is 0.865. The van der Waals surface area contributed by atoms with Crippen LogP contribution in [0.5, 0.6) is 0 Å². The third-order valence-corrected chi connectivity index (χ3v) is 3.46. The van der Waals surface area contributed by atoms with Gasteiger partial charge in [-0.25, -0.2) is 0 Å². The van der Waals surface area contributed by atoms with E-state index in [9.17, 15) is 14.4 Å². The maximum absolute atomic E-state index is 12.3. The second kappa shape index (κ2) is 8.44. The summed E-state index contributed by atoms with van der Waals surface area (Å²) in [6.45, 7) is 2.60. The summed E-state index contributed by atoms with van der Waals surface area (Å²) in [6, 6.07) is 15.1. The maximum atomic E-state index is 12.3. The largest absolute Gasteiger partial charge is 0.326 e. The summed E-state index contributed by atoms with van der Waals surface area (Å²) < 4.78 is 0. The molecule has 0 aliphatic carbocycles. The Kier molecular flexibility index (Phi) is 6.06. The number of nitrogens with one attached hydrogen (secondary N) is 2. The zero-order valence-electron chi connectivity index (χ0n) is 14.4. The van der Waals surface area contributed by atoms with Gasteiger partial charge < -0.3 is 15.5 Å². The molecule has 7 heteroatoms. The van der Waals surface area contributed by atoms with Gasteiger partial charge in [0.15, 0.2) is 0 Å². The molecule has 7 nitrogen and oxygen atoms in total. The number of benzene rings is 2. The number of anilines is 3. The van der Waals surface area contributed by atoms with Gasteiger partial charge in [0.1, 0.15) is 6.54 Å². The third kappa shape index (κ3) is 5.18. The Hall–Kier alpha value is -3.66. The highest BCUT2D eigenvalue weighted by Gasteiger charge is 2.16. The fourth-order valence-electron chi connectivity index (χ4n) is 2.32. The fraction of sp³-hybridized carbons (Fsp3) is 0.158. The van der Waals surface area contributed by atoms with E-state index in [0.29, 0.717) is 22.6 Å². The molecule has 2 aromatic carbocycles. The van der Waals surface area contributed by atoms with Crippen LogP contribution in [-0.2, 0) is 14.4 Å². The molecule has 0 atom stereocenters. The van der Waals surface area contributed by atoms with Crippen LogP contribution in [0.3, 0.4) is 0 Å². The first-order valence-corrected chi connectivity index (χ1v) is 7.85. The average molecular weight is 350 g/mol. The first-order valence-electron chi connectivity index (χ1n) is 7.85. The van der Waals surface area contributed by atoms with E-state index in [1.165, 1.54) is 18.7 Å². The number of hydrogen-bond donors (Lipinski definition) is 2. The first-order chi connectivity index (χ1) is 12.4. The molecule has 2 rings (SSSR count). The highest BCUT2D eigenvalue weighted by atomic mass is 16.2. The molecular formula is C19H18N4O3. The predicted molar refractivity (Wildman–Crippen MR) is 98.6 cm³/mol. The molecule has 26 heavy (non-hydrogen) atoms. The molecule has 2 N–H and O–H groups in total. The molecule has 0 unspecified atom stereocenters. The standard InChI is InChI=1S/C19H18N4O3/c1-13(24)21-16-6-8-18(9-7-16)23(14(2)25)12-19(26)22-17-5-3-4-15(10-17)11-20/h3-10H,12H2,1-2H3,(H,21,24)(H,22,26). The fourth-order valence-corrected chi connectivity index (χ4v) is 2.32. The van der Waals surface area contributed by atoms with Gasteiger partial charge in [-0.3, -0.25) is 14.4 Å². The van der Waals surface area contributed by atoms with Crippen LogP contribution in [-0.4, -0.2) is 24.3 Å². The molecule has 0 saturated carbocycles. The minimum atomic E-state index is -0.388. The summed E-state index contributed by atoms with van der Waals surface area (Å²) in [5.74, 6) is -0.875. The van der Waals surface area contributed by atoms with Crippen LogP contribution in [0.1, 0.15) is 19.4 Å². The zero-order valence-corrected chi connectivity index (χ0v) is 14.4. The highest BCUT2D eigenvalue weighted by Crippen LogP contribution is 2.18. The van der Waals surface area contributed by atoms with E-state index < -0.39 is 0 Å². The summed E-state index contributed by atoms with van der Waals surface area (Å²) in [5.41, 5.74) is 2.05. The van der Waals surface area contributed by atoms with E-state index in [1.807, 2.05) is 6.07 Å². The molecule has 0 aliphatic heterocycles. The smallest absolute Gasteiger partial charge is 0.244 e. The van der Waals surface area contributed by atoms with Crippen LogP contribution in [0, 0.1) is 11.3 Å². The van der Waals surface area contributed by atoms with Gasteiger partial charge in [-0.05, 0) is 42.5 Å². The Labute approximate surface area is 151 Å². The van der Waals surface area contributed by atoms with Gasteiger partial charge in [-0.1, -0.05) is 6.07 Å². The number of carbonyl (C=O) groups excluding carboxylic acids is 3. The van der Waals surface area contributed by atoms with Crippen LogP contribution in [0.4, 0.5) is 17.1 Å². The summed E-state index contributed by atoms with van der Waals surface area (Å²) in [4.78, 5) is 36.6. The van der Waals surface area contributed by atoms with Crippen LogP contribution >= 0.6 is 0 Å². The minimum absolute atomic E-state index is 0.175. The molecule has 0 fully saturated rings. The van der Waals surface area contributed by atoms with E-state index in [2.05, 4.69) is 10.6 Å². The average Bonchev–Trinajstić information content (AvgIpc) is 2.60. The Balaban J connectivity index is 2.09. The van der Waals surface area contributed by atoms with Crippen molar-refractivity contribution in [3.8, 4) is 6.07 Å². The summed E-state index contributed by atoms with van der Waals surface area (Å²) in [6.07, 6.45) is 0. The van der Waals surface area contributed by atoms with Crippen molar-refractivity contribution in [3.05, 3.63) is 54.1 Å². The SMILES string of the molecule is CC(=O)Nc1ccc(N(CC(=O)Nc2cccc(C#N)c2)C(C)=O)cc1. The zero-order chi connectivity index (χ0) is 19.1. The van der Waals surface area contributed by atoms with Gasteiger partial charge in [-0.15, -0.1) is 0 Å². The molecule has 0 aliphatic rings. The summed E-state index contributed by atoms with van der Waals surface area (Å²) >= 11 is 0. The third-order valence-electron chi connectivity index (χ3n) is 3.46. The number of rotatable bonds is 5. The molecule has 0 aromatic heterocycles. The van der Waals surface area contributed by atoms with E-state index in [-0.39, 0.29) is 24.3 Å². The lowest BCUT2D eigenvalue weighted by atomic mass is 10.2. The maximum Gasteiger partial charge on any atom is 0.244 e. The summed E-state index contributed by atoms with van der Waals surface area (Å²) in [7, 11) is 0. The van der Waals surface area contributed by atoms with Crippen LogP contribution < -0.4 is 15.5 Å². The van der Waals surface area contributed by atoms with Crippen LogP contribution in [0.25, 0.3) is 0 Å². The monoisotopic (exact) mass is 350 g/mol. The van der Waals surface area contributed by atoms with Gasteiger partial charge in [0.25, 0.3) is 0 Å². The lowest BCUT2D eigenvalue weighted by Gasteiger charge is -2.21. The van der Waals surface area contributed by atoms with Crippen LogP contribution in [0.2, 0.25) is 0 Å². The Bertz CT molecular complexity index is 869. The molecule has 0 bridgehead atoms. The van der Waals surface area contributed by atoms with Gasteiger partial charge in [-0.2, -0.15) is 5.26 Å². The van der Waals surface area contributed by atoms with Gasteiger partial charge in [0.2, 0.25) is 17.7 Å². The first kappa shape index (κ1) is 18.7. The molecule has 0 spiro atoms. The molecule has 2 aromatic rings. The topological polar surface area (TPSA) is 102 Å². The summed E-state index contributed by atoms with van der Waals surface area (Å²) in [5, 5.41) is 14.2. The van der Waals surface area contributed by atoms with Crippen LogP contribution in [0.15, 0.2) is 48.5 Å². The minimum Gasteiger partial charge on any atom is -0.326 e. The molecule has 132 valence electrons. The predicted octanol–water partition coefficient (Wildman–Crippen LogP) is 2.51. The number of amides is 3. The Morgan fingerprint density at radius 3 is 2.27 bits per heavy atom. The van der Waals surface area contributed by atoms with E-state index in [0.717, 1.165) is 0 Å². The van der Waals surface area contributed by atoms with Gasteiger partial charge in [0.05, 0.1) is 11.6 Å². The lowest BCUT2D eigenvalue weighted by Crippen LogP contribution is -2.36. The van der Waals surface area contributed by atoms with Crippen molar-refractivity contribution < 1.29 is 14.4 Å². The van der Waals surface area contributed by atoms with Gasteiger partial charge in [0, 0.05) is 30.9 Å². The molecule has 0 saturated heterocycles. The number of hydrogen-bond acceptors (Lipinski definition) is 4. The van der Waals surface area contributed by atoms with Gasteiger partial charge >= 0.3 is 0 Å². The van der Waals surface area contributed by atoms with Crippen molar-refractivity contribution in [1.82, 2.24) is 0 Å². The highest BCUT2D eigenvalue weighted by molar-refractivity contribution is 6.02. The van der Waals surface area contributed by atoms with Crippen molar-refractivity contribution in [2.24, 2.45) is 0 Å². The second-order valence-electron chi connectivity index (χ2n) is 5.57. The number of nitriles is 1. The molecule has 3 amide bonds. The number of carbonyl (C=O) groups is 3. The van der Waals surface area contributed by atoms with E-state index >= 15 is 0 Å².